The summed E-state index contributed by atoms with van der Waals surface area (Å²) in [5, 5.41) is 11.0. The second-order valence-electron chi connectivity index (χ2n) is 5.73. The van der Waals surface area contributed by atoms with Gasteiger partial charge in [0, 0.05) is 12.1 Å². The highest BCUT2D eigenvalue weighted by molar-refractivity contribution is 6.32. The average Bonchev–Trinajstić information content (AvgIpc) is 2.63. The van der Waals surface area contributed by atoms with Gasteiger partial charge in [-0.15, -0.1) is 0 Å². The normalized spacial score (nSPS) is 15.3. The second-order valence-corrected chi connectivity index (χ2v) is 6.14. The standard InChI is InChI=1S/C17H13ClF3NO6/c18-13-5-10(17(19,20)21)1-4-15(13)27-11-2-3-14(22(23)24)16(6-11)28-12-7-25-9-26-8-12/h1-6,12H,7-9H2. The second kappa shape index (κ2) is 8.21. The van der Waals surface area contributed by atoms with Crippen molar-refractivity contribution >= 4 is 17.3 Å². The molecule has 0 N–H and O–H groups in total. The lowest BCUT2D eigenvalue weighted by Gasteiger charge is -2.23. The lowest BCUT2D eigenvalue weighted by atomic mass is 10.2. The molecule has 0 spiro atoms. The highest BCUT2D eigenvalue weighted by Crippen LogP contribution is 2.38. The molecule has 150 valence electrons. The minimum absolute atomic E-state index is 0.0428. The van der Waals surface area contributed by atoms with Crippen molar-refractivity contribution in [2.45, 2.75) is 12.3 Å². The Kier molecular flexibility index (Phi) is 5.92. The van der Waals surface area contributed by atoms with E-state index in [4.69, 9.17) is 30.5 Å². The first-order valence-corrected chi connectivity index (χ1v) is 8.27. The van der Waals surface area contributed by atoms with Gasteiger partial charge >= 0.3 is 11.9 Å². The predicted octanol–water partition coefficient (Wildman–Crippen LogP) is 4.81. The molecule has 1 aliphatic heterocycles. The van der Waals surface area contributed by atoms with Crippen LogP contribution in [0.15, 0.2) is 36.4 Å². The van der Waals surface area contributed by atoms with Crippen molar-refractivity contribution in [3.63, 3.8) is 0 Å². The van der Waals surface area contributed by atoms with Crippen LogP contribution in [0.25, 0.3) is 0 Å². The Morgan fingerprint density at radius 3 is 2.43 bits per heavy atom. The Morgan fingerprint density at radius 1 is 1.11 bits per heavy atom. The smallest absolute Gasteiger partial charge is 0.416 e. The third-order valence-electron chi connectivity index (χ3n) is 3.68. The number of alkyl halides is 3. The van der Waals surface area contributed by atoms with E-state index in [1.807, 2.05) is 0 Å². The fraction of sp³-hybridized carbons (Fsp3) is 0.294. The van der Waals surface area contributed by atoms with Crippen molar-refractivity contribution < 1.29 is 37.0 Å². The first-order chi connectivity index (χ1) is 13.2. The molecule has 0 aliphatic carbocycles. The van der Waals surface area contributed by atoms with Crippen LogP contribution >= 0.6 is 11.6 Å². The van der Waals surface area contributed by atoms with Gasteiger partial charge in [-0.2, -0.15) is 13.2 Å². The highest BCUT2D eigenvalue weighted by atomic mass is 35.5. The summed E-state index contributed by atoms with van der Waals surface area (Å²) in [7, 11) is 0. The molecular weight excluding hydrogens is 407 g/mol. The van der Waals surface area contributed by atoms with Gasteiger partial charge in [0.25, 0.3) is 0 Å². The molecule has 3 rings (SSSR count). The molecule has 1 fully saturated rings. The van der Waals surface area contributed by atoms with Crippen molar-refractivity contribution in [1.82, 2.24) is 0 Å². The van der Waals surface area contributed by atoms with Crippen molar-refractivity contribution in [3.8, 4) is 17.2 Å². The quantitative estimate of drug-likeness (QED) is 0.511. The van der Waals surface area contributed by atoms with E-state index in [1.54, 1.807) is 0 Å². The van der Waals surface area contributed by atoms with Crippen LogP contribution in [0.3, 0.4) is 0 Å². The SMILES string of the molecule is O=[N+]([O-])c1ccc(Oc2ccc(C(F)(F)F)cc2Cl)cc1OC1COCOC1. The van der Waals surface area contributed by atoms with Gasteiger partial charge < -0.3 is 18.9 Å². The molecule has 0 radical (unpaired) electrons. The monoisotopic (exact) mass is 419 g/mol. The van der Waals surface area contributed by atoms with Gasteiger partial charge in [0.2, 0.25) is 5.75 Å². The van der Waals surface area contributed by atoms with Gasteiger partial charge in [-0.3, -0.25) is 10.1 Å². The summed E-state index contributed by atoms with van der Waals surface area (Å²) in [6.07, 6.45) is -5.10. The van der Waals surface area contributed by atoms with Crippen molar-refractivity contribution in [2.24, 2.45) is 0 Å². The number of ether oxygens (including phenoxy) is 4. The molecule has 0 atom stereocenters. The van der Waals surface area contributed by atoms with E-state index in [2.05, 4.69) is 0 Å². The van der Waals surface area contributed by atoms with Crippen molar-refractivity contribution in [3.05, 3.63) is 57.1 Å². The van der Waals surface area contributed by atoms with Gasteiger partial charge in [-0.05, 0) is 24.3 Å². The molecular formula is C17H13ClF3NO6. The number of nitrogens with zero attached hydrogens (tertiary/aromatic N) is 1. The minimum Gasteiger partial charge on any atom is -0.478 e. The molecule has 1 saturated heterocycles. The molecule has 2 aromatic carbocycles. The number of nitro groups is 1. The van der Waals surface area contributed by atoms with Crippen LogP contribution in [-0.2, 0) is 15.7 Å². The summed E-state index contributed by atoms with van der Waals surface area (Å²) in [6, 6.07) is 6.31. The number of benzene rings is 2. The third-order valence-corrected chi connectivity index (χ3v) is 3.98. The van der Waals surface area contributed by atoms with Gasteiger partial charge in [-0.25, -0.2) is 0 Å². The van der Waals surface area contributed by atoms with Crippen molar-refractivity contribution in [2.75, 3.05) is 20.0 Å². The molecule has 0 aromatic heterocycles. The van der Waals surface area contributed by atoms with Crippen LogP contribution in [0.5, 0.6) is 17.2 Å². The zero-order valence-corrected chi connectivity index (χ0v) is 14.8. The van der Waals surface area contributed by atoms with Gasteiger partial charge in [0.05, 0.1) is 28.7 Å². The van der Waals surface area contributed by atoms with Crippen LogP contribution in [0, 0.1) is 10.1 Å². The molecule has 1 aliphatic rings. The van der Waals surface area contributed by atoms with E-state index in [9.17, 15) is 23.3 Å². The summed E-state index contributed by atoms with van der Waals surface area (Å²) in [5.74, 6) is -0.0386. The van der Waals surface area contributed by atoms with Gasteiger partial charge in [0.1, 0.15) is 24.4 Å². The van der Waals surface area contributed by atoms with E-state index >= 15 is 0 Å². The maximum Gasteiger partial charge on any atom is 0.416 e. The maximum absolute atomic E-state index is 12.7. The van der Waals surface area contributed by atoms with E-state index in [0.29, 0.717) is 0 Å². The Balaban J connectivity index is 1.84. The van der Waals surface area contributed by atoms with Crippen LogP contribution in [0.4, 0.5) is 18.9 Å². The Bertz CT molecular complexity index is 870. The van der Waals surface area contributed by atoms with Crippen LogP contribution in [-0.4, -0.2) is 31.0 Å². The summed E-state index contributed by atoms with van der Waals surface area (Å²) in [4.78, 5) is 10.6. The number of hydrogen-bond donors (Lipinski definition) is 0. The first kappa shape index (κ1) is 20.2. The molecule has 0 amide bonds. The Morgan fingerprint density at radius 2 is 1.82 bits per heavy atom. The lowest BCUT2D eigenvalue weighted by Crippen LogP contribution is -2.34. The summed E-state index contributed by atoms with van der Waals surface area (Å²) >= 11 is 5.86. The van der Waals surface area contributed by atoms with Crippen LogP contribution < -0.4 is 9.47 Å². The topological polar surface area (TPSA) is 80.1 Å². The Hall–Kier alpha value is -2.56. The molecule has 0 unspecified atom stereocenters. The molecule has 2 aromatic rings. The van der Waals surface area contributed by atoms with Gasteiger partial charge in [-0.1, -0.05) is 11.6 Å². The molecule has 7 nitrogen and oxygen atoms in total. The highest BCUT2D eigenvalue weighted by Gasteiger charge is 2.31. The van der Waals surface area contributed by atoms with E-state index in [1.165, 1.54) is 12.1 Å². The van der Waals surface area contributed by atoms with Crippen LogP contribution in [0.2, 0.25) is 5.02 Å². The Labute approximate surface area is 161 Å². The van der Waals surface area contributed by atoms with Crippen molar-refractivity contribution in [1.29, 1.82) is 0 Å². The lowest BCUT2D eigenvalue weighted by molar-refractivity contribution is -0.386. The number of hydrogen-bond acceptors (Lipinski definition) is 6. The molecule has 0 saturated carbocycles. The van der Waals surface area contributed by atoms with E-state index in [-0.39, 0.29) is 48.0 Å². The number of nitro benzene ring substituents is 1. The fourth-order valence-electron chi connectivity index (χ4n) is 2.40. The fourth-order valence-corrected chi connectivity index (χ4v) is 2.62. The zero-order valence-electron chi connectivity index (χ0n) is 14.1. The van der Waals surface area contributed by atoms with Crippen LogP contribution in [0.1, 0.15) is 5.56 Å². The summed E-state index contributed by atoms with van der Waals surface area (Å²) < 4.78 is 59.4. The third kappa shape index (κ3) is 4.83. The molecule has 0 bridgehead atoms. The zero-order chi connectivity index (χ0) is 20.3. The molecule has 28 heavy (non-hydrogen) atoms. The van der Waals surface area contributed by atoms with E-state index < -0.39 is 22.8 Å². The summed E-state index contributed by atoms with van der Waals surface area (Å²) in [6.45, 7) is 0.484. The number of halogens is 4. The molecule has 11 heteroatoms. The van der Waals surface area contributed by atoms with Gasteiger partial charge in [0.15, 0.2) is 0 Å². The summed E-state index contributed by atoms with van der Waals surface area (Å²) in [5.41, 5.74) is -1.23. The minimum atomic E-state index is -4.54. The number of rotatable bonds is 5. The molecule has 1 heterocycles. The average molecular weight is 420 g/mol. The first-order valence-electron chi connectivity index (χ1n) is 7.89. The predicted molar refractivity (Wildman–Crippen MR) is 90.8 cm³/mol. The van der Waals surface area contributed by atoms with E-state index in [0.717, 1.165) is 24.3 Å². The maximum atomic E-state index is 12.7. The largest absolute Gasteiger partial charge is 0.478 e.